The second-order valence-electron chi connectivity index (χ2n) is 3.62. The van der Waals surface area contributed by atoms with E-state index in [4.69, 9.17) is 23.2 Å². The van der Waals surface area contributed by atoms with E-state index in [-0.39, 0.29) is 16.5 Å². The van der Waals surface area contributed by atoms with Gasteiger partial charge in [0.25, 0.3) is 0 Å². The second-order valence-corrected chi connectivity index (χ2v) is 7.46. The van der Waals surface area contributed by atoms with Crippen molar-refractivity contribution in [1.29, 1.82) is 0 Å². The second kappa shape index (κ2) is 5.72. The summed E-state index contributed by atoms with van der Waals surface area (Å²) in [5.41, 5.74) is 0. The molecular weight excluding hydrogens is 329 g/mol. The van der Waals surface area contributed by atoms with Gasteiger partial charge in [-0.3, -0.25) is 0 Å². The summed E-state index contributed by atoms with van der Waals surface area (Å²) in [6.45, 7) is 1.89. The first kappa shape index (κ1) is 14.7. The molecule has 0 saturated heterocycles. The molecule has 0 aliphatic carbocycles. The van der Waals surface area contributed by atoms with Crippen LogP contribution in [0.1, 0.15) is 10.0 Å². The van der Waals surface area contributed by atoms with Gasteiger partial charge in [0.05, 0.1) is 21.5 Å². The Kier molecular flexibility index (Phi) is 4.42. The Hall–Kier alpha value is -0.730. The number of rotatable bonds is 4. The average Bonchev–Trinajstić information content (AvgIpc) is 2.76. The fraction of sp³-hybridized carbons (Fsp3) is 0.200. The number of nitrogens with one attached hydrogen (secondary N) is 1. The van der Waals surface area contributed by atoms with Gasteiger partial charge in [-0.15, -0.1) is 21.5 Å². The predicted octanol–water partition coefficient (Wildman–Crippen LogP) is 2.63. The van der Waals surface area contributed by atoms with Crippen molar-refractivity contribution >= 4 is 44.6 Å². The van der Waals surface area contributed by atoms with Crippen LogP contribution in [-0.2, 0) is 16.6 Å². The molecule has 1 aromatic heterocycles. The monoisotopic (exact) mass is 337 g/mol. The van der Waals surface area contributed by atoms with Crippen molar-refractivity contribution in [2.24, 2.45) is 0 Å². The minimum atomic E-state index is -3.64. The number of halogens is 2. The van der Waals surface area contributed by atoms with Crippen LogP contribution in [0.4, 0.5) is 0 Å². The number of benzene rings is 1. The highest BCUT2D eigenvalue weighted by Gasteiger charge is 2.16. The molecule has 0 atom stereocenters. The van der Waals surface area contributed by atoms with E-state index in [1.807, 2.05) is 0 Å². The van der Waals surface area contributed by atoms with Gasteiger partial charge in [0.1, 0.15) is 10.0 Å². The van der Waals surface area contributed by atoms with Gasteiger partial charge in [-0.2, -0.15) is 0 Å². The van der Waals surface area contributed by atoms with E-state index >= 15 is 0 Å². The summed E-state index contributed by atoms with van der Waals surface area (Å²) in [5.74, 6) is 0. The first-order chi connectivity index (χ1) is 8.88. The van der Waals surface area contributed by atoms with E-state index in [0.717, 1.165) is 5.01 Å². The van der Waals surface area contributed by atoms with Gasteiger partial charge in [0, 0.05) is 0 Å². The van der Waals surface area contributed by atoms with Crippen LogP contribution in [-0.4, -0.2) is 18.6 Å². The molecule has 0 aliphatic heterocycles. The molecule has 1 N–H and O–H groups in total. The van der Waals surface area contributed by atoms with Gasteiger partial charge in [0.15, 0.2) is 0 Å². The normalized spacial score (nSPS) is 11.7. The molecule has 0 unspecified atom stereocenters. The molecule has 1 aromatic carbocycles. The van der Waals surface area contributed by atoms with Gasteiger partial charge in [-0.25, -0.2) is 13.1 Å². The Morgan fingerprint density at radius 1 is 1.26 bits per heavy atom. The molecule has 0 aliphatic rings. The zero-order chi connectivity index (χ0) is 14.0. The number of aromatic nitrogens is 2. The molecule has 102 valence electrons. The lowest BCUT2D eigenvalue weighted by Gasteiger charge is -2.06. The van der Waals surface area contributed by atoms with Gasteiger partial charge < -0.3 is 0 Å². The van der Waals surface area contributed by atoms with Crippen molar-refractivity contribution in [3.05, 3.63) is 38.3 Å². The lowest BCUT2D eigenvalue weighted by molar-refractivity contribution is 0.581. The van der Waals surface area contributed by atoms with Crippen molar-refractivity contribution in [3.63, 3.8) is 0 Å². The molecule has 2 rings (SSSR count). The first-order valence-electron chi connectivity index (χ1n) is 5.12. The lowest BCUT2D eigenvalue weighted by Crippen LogP contribution is -2.23. The average molecular weight is 338 g/mol. The number of aryl methyl sites for hydroxylation is 1. The molecule has 0 amide bonds. The topological polar surface area (TPSA) is 72.0 Å². The Morgan fingerprint density at radius 3 is 2.58 bits per heavy atom. The maximum atomic E-state index is 12.0. The summed E-state index contributed by atoms with van der Waals surface area (Å²) >= 11 is 12.9. The van der Waals surface area contributed by atoms with Gasteiger partial charge in [-0.1, -0.05) is 23.2 Å². The molecular formula is C10H9Cl2N3O2S2. The molecule has 9 heteroatoms. The third-order valence-corrected chi connectivity index (χ3v) is 5.16. The zero-order valence-corrected chi connectivity index (χ0v) is 12.9. The van der Waals surface area contributed by atoms with Crippen molar-refractivity contribution in [3.8, 4) is 0 Å². The lowest BCUT2D eigenvalue weighted by atomic mass is 10.4. The molecule has 5 nitrogen and oxygen atoms in total. The van der Waals surface area contributed by atoms with Crippen LogP contribution in [0.15, 0.2) is 23.1 Å². The standard InChI is InChI=1S/C10H9Cl2N3O2S2/c1-6-14-15-10(18-6)5-13-19(16,17)7-2-3-8(11)9(12)4-7/h2-4,13H,5H2,1H3. The fourth-order valence-electron chi connectivity index (χ4n) is 1.29. The third kappa shape index (κ3) is 3.64. The summed E-state index contributed by atoms with van der Waals surface area (Å²) in [6.07, 6.45) is 0. The molecule has 0 saturated carbocycles. The number of nitrogens with zero attached hydrogens (tertiary/aromatic N) is 2. The summed E-state index contributed by atoms with van der Waals surface area (Å²) in [4.78, 5) is 0.0585. The fourth-order valence-corrected chi connectivity index (χ4v) is 3.41. The van der Waals surface area contributed by atoms with Crippen LogP contribution in [0.2, 0.25) is 10.0 Å². The van der Waals surface area contributed by atoms with Crippen molar-refractivity contribution < 1.29 is 8.42 Å². The summed E-state index contributed by atoms with van der Waals surface area (Å²) in [6, 6.07) is 4.13. The minimum Gasteiger partial charge on any atom is -0.207 e. The number of hydrogen-bond acceptors (Lipinski definition) is 5. The van der Waals surface area contributed by atoms with Gasteiger partial charge >= 0.3 is 0 Å². The van der Waals surface area contributed by atoms with E-state index in [1.165, 1.54) is 29.5 Å². The van der Waals surface area contributed by atoms with E-state index in [2.05, 4.69) is 14.9 Å². The highest BCUT2D eigenvalue weighted by atomic mass is 35.5. The van der Waals surface area contributed by atoms with Crippen molar-refractivity contribution in [2.45, 2.75) is 18.4 Å². The third-order valence-electron chi connectivity index (χ3n) is 2.18. The Labute approximate surface area is 124 Å². The van der Waals surface area contributed by atoms with E-state index in [0.29, 0.717) is 10.0 Å². The van der Waals surface area contributed by atoms with E-state index < -0.39 is 10.0 Å². The Balaban J connectivity index is 2.16. The van der Waals surface area contributed by atoms with Crippen LogP contribution >= 0.6 is 34.5 Å². The molecule has 0 radical (unpaired) electrons. The molecule has 0 bridgehead atoms. The highest BCUT2D eigenvalue weighted by Crippen LogP contribution is 2.24. The molecule has 1 heterocycles. The van der Waals surface area contributed by atoms with Gasteiger partial charge in [0.2, 0.25) is 10.0 Å². The SMILES string of the molecule is Cc1nnc(CNS(=O)(=O)c2ccc(Cl)c(Cl)c2)s1. The van der Waals surface area contributed by atoms with Crippen molar-refractivity contribution in [2.75, 3.05) is 0 Å². The Morgan fingerprint density at radius 2 is 2.00 bits per heavy atom. The van der Waals surface area contributed by atoms with E-state index in [9.17, 15) is 8.42 Å². The Bertz CT molecular complexity index is 701. The molecule has 2 aromatic rings. The largest absolute Gasteiger partial charge is 0.241 e. The summed E-state index contributed by atoms with van der Waals surface area (Å²) in [7, 11) is -3.64. The smallest absolute Gasteiger partial charge is 0.207 e. The number of hydrogen-bond donors (Lipinski definition) is 1. The van der Waals surface area contributed by atoms with Crippen LogP contribution in [0.5, 0.6) is 0 Å². The van der Waals surface area contributed by atoms with E-state index in [1.54, 1.807) is 6.92 Å². The molecule has 0 spiro atoms. The van der Waals surface area contributed by atoms with Crippen LogP contribution in [0, 0.1) is 6.92 Å². The van der Waals surface area contributed by atoms with Gasteiger partial charge in [-0.05, 0) is 25.1 Å². The number of sulfonamides is 1. The first-order valence-corrected chi connectivity index (χ1v) is 8.18. The highest BCUT2D eigenvalue weighted by molar-refractivity contribution is 7.89. The maximum Gasteiger partial charge on any atom is 0.241 e. The minimum absolute atomic E-state index is 0.0585. The molecule has 0 fully saturated rings. The quantitative estimate of drug-likeness (QED) is 0.930. The van der Waals surface area contributed by atoms with Crippen LogP contribution in [0.3, 0.4) is 0 Å². The zero-order valence-electron chi connectivity index (χ0n) is 9.72. The summed E-state index contributed by atoms with van der Waals surface area (Å²) in [5, 5.41) is 9.53. The summed E-state index contributed by atoms with van der Waals surface area (Å²) < 4.78 is 26.5. The van der Waals surface area contributed by atoms with Crippen LogP contribution < -0.4 is 4.72 Å². The predicted molar refractivity (Wildman–Crippen MR) is 75.1 cm³/mol. The maximum absolute atomic E-state index is 12.0. The molecule has 19 heavy (non-hydrogen) atoms. The van der Waals surface area contributed by atoms with Crippen LogP contribution in [0.25, 0.3) is 0 Å². The van der Waals surface area contributed by atoms with Crippen molar-refractivity contribution in [1.82, 2.24) is 14.9 Å².